The highest BCUT2D eigenvalue weighted by atomic mass is 79.9. The third kappa shape index (κ3) is 2.90. The quantitative estimate of drug-likeness (QED) is 0.806. The van der Waals surface area contributed by atoms with E-state index in [1.807, 2.05) is 25.1 Å². The first-order valence-corrected chi connectivity index (χ1v) is 7.57. The van der Waals surface area contributed by atoms with Crippen molar-refractivity contribution in [2.75, 3.05) is 7.11 Å². The zero-order chi connectivity index (χ0) is 14.9. The molecule has 2 rings (SSSR count). The molecule has 0 heterocycles. The first-order valence-electron chi connectivity index (χ1n) is 5.99. The molecule has 2 N–H and O–H groups in total. The van der Waals surface area contributed by atoms with Crippen molar-refractivity contribution in [2.45, 2.75) is 13.0 Å². The van der Waals surface area contributed by atoms with E-state index in [1.165, 1.54) is 13.2 Å². The molecule has 0 fully saturated rings. The van der Waals surface area contributed by atoms with Gasteiger partial charge >= 0.3 is 0 Å². The molecule has 0 aromatic heterocycles. The molecular weight excluding hydrogens is 389 g/mol. The molecule has 0 radical (unpaired) electrons. The van der Waals surface area contributed by atoms with Crippen molar-refractivity contribution >= 4 is 31.9 Å². The van der Waals surface area contributed by atoms with Crippen LogP contribution in [0.15, 0.2) is 39.3 Å². The first-order chi connectivity index (χ1) is 9.45. The molecule has 0 aliphatic carbocycles. The average molecular weight is 403 g/mol. The molecular formula is C15H14Br2FNO. The van der Waals surface area contributed by atoms with E-state index in [4.69, 9.17) is 10.5 Å². The fraction of sp³-hybridized carbons (Fsp3) is 0.200. The Labute approximate surface area is 134 Å². The monoisotopic (exact) mass is 401 g/mol. The maximum Gasteiger partial charge on any atom is 0.141 e. The molecule has 2 aromatic carbocycles. The lowest BCUT2D eigenvalue weighted by atomic mass is 9.95. The molecule has 2 aromatic rings. The number of ether oxygens (including phenoxy) is 1. The van der Waals surface area contributed by atoms with E-state index >= 15 is 0 Å². The molecule has 1 atom stereocenters. The van der Waals surface area contributed by atoms with Gasteiger partial charge < -0.3 is 10.5 Å². The molecule has 0 amide bonds. The maximum absolute atomic E-state index is 13.6. The minimum absolute atomic E-state index is 0.372. The zero-order valence-electron chi connectivity index (χ0n) is 11.1. The van der Waals surface area contributed by atoms with Crippen LogP contribution in [0.4, 0.5) is 4.39 Å². The van der Waals surface area contributed by atoms with Gasteiger partial charge in [0.05, 0.1) is 17.6 Å². The van der Waals surface area contributed by atoms with Gasteiger partial charge in [0.2, 0.25) is 0 Å². The third-order valence-electron chi connectivity index (χ3n) is 3.25. The molecule has 1 unspecified atom stereocenters. The molecule has 5 heteroatoms. The highest BCUT2D eigenvalue weighted by Gasteiger charge is 2.19. The SMILES string of the molecule is COc1cc(F)c(Br)cc1C(N)c1cccc(Br)c1C. The van der Waals surface area contributed by atoms with Gasteiger partial charge in [-0.3, -0.25) is 0 Å². The van der Waals surface area contributed by atoms with Gasteiger partial charge in [-0.05, 0) is 46.1 Å². The van der Waals surface area contributed by atoms with Crippen molar-refractivity contribution in [3.8, 4) is 5.75 Å². The van der Waals surface area contributed by atoms with Crippen LogP contribution in [0.1, 0.15) is 22.7 Å². The number of hydrogen-bond acceptors (Lipinski definition) is 2. The molecule has 106 valence electrons. The molecule has 0 bridgehead atoms. The van der Waals surface area contributed by atoms with Crippen molar-refractivity contribution in [1.29, 1.82) is 0 Å². The van der Waals surface area contributed by atoms with Crippen LogP contribution in [0.2, 0.25) is 0 Å². The molecule has 0 spiro atoms. The number of rotatable bonds is 3. The van der Waals surface area contributed by atoms with Crippen molar-refractivity contribution in [1.82, 2.24) is 0 Å². The topological polar surface area (TPSA) is 35.2 Å². The summed E-state index contributed by atoms with van der Waals surface area (Å²) in [7, 11) is 1.51. The summed E-state index contributed by atoms with van der Waals surface area (Å²) in [5.74, 6) is 0.0707. The number of hydrogen-bond donors (Lipinski definition) is 1. The van der Waals surface area contributed by atoms with E-state index < -0.39 is 0 Å². The number of benzene rings is 2. The van der Waals surface area contributed by atoms with Gasteiger partial charge in [-0.15, -0.1) is 0 Å². The molecule has 2 nitrogen and oxygen atoms in total. The summed E-state index contributed by atoms with van der Waals surface area (Å²) < 4.78 is 20.2. The second kappa shape index (κ2) is 6.24. The Morgan fingerprint density at radius 3 is 2.50 bits per heavy atom. The van der Waals surface area contributed by atoms with Crippen LogP contribution in [0.5, 0.6) is 5.75 Å². The van der Waals surface area contributed by atoms with Crippen molar-refractivity contribution < 1.29 is 9.13 Å². The van der Waals surface area contributed by atoms with Crippen molar-refractivity contribution in [2.24, 2.45) is 5.73 Å². The molecule has 20 heavy (non-hydrogen) atoms. The smallest absolute Gasteiger partial charge is 0.141 e. The van der Waals surface area contributed by atoms with E-state index in [2.05, 4.69) is 31.9 Å². The summed E-state index contributed by atoms with van der Waals surface area (Å²) >= 11 is 6.68. The summed E-state index contributed by atoms with van der Waals surface area (Å²) in [5.41, 5.74) is 9.10. The van der Waals surface area contributed by atoms with E-state index in [-0.39, 0.29) is 11.9 Å². The van der Waals surface area contributed by atoms with Crippen LogP contribution < -0.4 is 10.5 Å². The lowest BCUT2D eigenvalue weighted by molar-refractivity contribution is 0.404. The average Bonchev–Trinajstić information content (AvgIpc) is 2.43. The lowest BCUT2D eigenvalue weighted by Crippen LogP contribution is -2.15. The largest absolute Gasteiger partial charge is 0.496 e. The van der Waals surface area contributed by atoms with Crippen molar-refractivity contribution in [3.63, 3.8) is 0 Å². The van der Waals surface area contributed by atoms with Crippen LogP contribution in [-0.2, 0) is 0 Å². The second-order valence-corrected chi connectivity index (χ2v) is 6.15. The fourth-order valence-corrected chi connectivity index (χ4v) is 2.84. The van der Waals surface area contributed by atoms with Gasteiger partial charge in [0.1, 0.15) is 11.6 Å². The maximum atomic E-state index is 13.6. The molecule has 0 saturated heterocycles. The second-order valence-electron chi connectivity index (χ2n) is 4.44. The summed E-state index contributed by atoms with van der Waals surface area (Å²) in [6.45, 7) is 1.99. The minimum atomic E-state index is -0.389. The van der Waals surface area contributed by atoms with Gasteiger partial charge in [-0.1, -0.05) is 28.1 Å². The van der Waals surface area contributed by atoms with E-state index in [0.717, 1.165) is 21.2 Å². The minimum Gasteiger partial charge on any atom is -0.496 e. The molecule has 0 aliphatic heterocycles. The Morgan fingerprint density at radius 1 is 1.15 bits per heavy atom. The van der Waals surface area contributed by atoms with Gasteiger partial charge in [0.15, 0.2) is 0 Å². The van der Waals surface area contributed by atoms with Gasteiger partial charge in [-0.25, -0.2) is 4.39 Å². The van der Waals surface area contributed by atoms with Crippen molar-refractivity contribution in [3.05, 3.63) is 61.8 Å². The summed E-state index contributed by atoms with van der Waals surface area (Å²) in [6.07, 6.45) is 0. The fourth-order valence-electron chi connectivity index (χ4n) is 2.09. The molecule has 0 saturated carbocycles. The van der Waals surface area contributed by atoms with Crippen LogP contribution in [-0.4, -0.2) is 7.11 Å². The van der Waals surface area contributed by atoms with E-state index in [0.29, 0.717) is 10.2 Å². The standard InChI is InChI=1S/C15H14Br2FNO/c1-8-9(4-3-5-11(8)16)15(19)10-6-12(17)13(18)7-14(10)20-2/h3-7,15H,19H2,1-2H3. The summed E-state index contributed by atoms with van der Waals surface area (Å²) in [6, 6.07) is 8.47. The van der Waals surface area contributed by atoms with E-state index in [9.17, 15) is 4.39 Å². The van der Waals surface area contributed by atoms with Crippen LogP contribution in [0, 0.1) is 12.7 Å². The number of nitrogens with two attached hydrogens (primary N) is 1. The Hall–Kier alpha value is -0.910. The summed E-state index contributed by atoms with van der Waals surface area (Å²) in [5, 5.41) is 0. The third-order valence-corrected chi connectivity index (χ3v) is 4.72. The lowest BCUT2D eigenvalue weighted by Gasteiger charge is -2.19. The van der Waals surface area contributed by atoms with Gasteiger partial charge in [-0.2, -0.15) is 0 Å². The summed E-state index contributed by atoms with van der Waals surface area (Å²) in [4.78, 5) is 0. The van der Waals surface area contributed by atoms with Crippen LogP contribution >= 0.6 is 31.9 Å². The number of halogens is 3. The highest BCUT2D eigenvalue weighted by molar-refractivity contribution is 9.10. The highest BCUT2D eigenvalue weighted by Crippen LogP contribution is 2.35. The number of methoxy groups -OCH3 is 1. The predicted molar refractivity (Wildman–Crippen MR) is 85.6 cm³/mol. The normalized spacial score (nSPS) is 12.3. The van der Waals surface area contributed by atoms with Crippen LogP contribution in [0.25, 0.3) is 0 Å². The Balaban J connectivity index is 2.55. The predicted octanol–water partition coefficient (Wildman–Crippen LogP) is 4.72. The Bertz CT molecular complexity index is 646. The van der Waals surface area contributed by atoms with Gasteiger partial charge in [0, 0.05) is 16.1 Å². The first kappa shape index (κ1) is 15.5. The zero-order valence-corrected chi connectivity index (χ0v) is 14.3. The van der Waals surface area contributed by atoms with E-state index in [1.54, 1.807) is 6.07 Å². The Morgan fingerprint density at radius 2 is 1.85 bits per heavy atom. The molecule has 0 aliphatic rings. The Kier molecular flexibility index (Phi) is 4.83. The van der Waals surface area contributed by atoms with Crippen LogP contribution in [0.3, 0.4) is 0 Å². The van der Waals surface area contributed by atoms with Gasteiger partial charge in [0.25, 0.3) is 0 Å².